The highest BCUT2D eigenvalue weighted by Gasteiger charge is 2.49. The van der Waals surface area contributed by atoms with E-state index in [4.69, 9.17) is 4.74 Å². The average molecular weight is 294 g/mol. The molecule has 2 saturated heterocycles. The summed E-state index contributed by atoms with van der Waals surface area (Å²) in [5, 5.41) is 2.98. The van der Waals surface area contributed by atoms with Gasteiger partial charge in [0.1, 0.15) is 5.60 Å². The van der Waals surface area contributed by atoms with Crippen molar-refractivity contribution in [1.82, 2.24) is 10.2 Å². The van der Waals surface area contributed by atoms with Gasteiger partial charge in [-0.25, -0.2) is 4.79 Å². The maximum Gasteiger partial charge on any atom is 0.410 e. The van der Waals surface area contributed by atoms with Gasteiger partial charge in [-0.15, -0.1) is 6.58 Å². The van der Waals surface area contributed by atoms with E-state index in [0.717, 1.165) is 12.8 Å². The number of carbonyl (C=O) groups excluding carboxylic acids is 2. The maximum absolute atomic E-state index is 12.1. The topological polar surface area (TPSA) is 58.6 Å². The Hall–Kier alpha value is -1.52. The quantitative estimate of drug-likeness (QED) is 0.795. The number of rotatable bonds is 2. The molecule has 0 bridgehead atoms. The second kappa shape index (κ2) is 5.70. The summed E-state index contributed by atoms with van der Waals surface area (Å²) < 4.78 is 5.41. The maximum atomic E-state index is 12.1. The Balaban J connectivity index is 1.98. The SMILES string of the molecule is C=CC[C@H]1C(=O)NCC12CCN(C(=O)OC(C)(C)C)CC2. The lowest BCUT2D eigenvalue weighted by Crippen LogP contribution is -2.47. The van der Waals surface area contributed by atoms with Crippen molar-refractivity contribution < 1.29 is 14.3 Å². The molecule has 1 N–H and O–H groups in total. The van der Waals surface area contributed by atoms with E-state index in [0.29, 0.717) is 26.1 Å². The fraction of sp³-hybridized carbons (Fsp3) is 0.750. The highest BCUT2D eigenvalue weighted by molar-refractivity contribution is 5.82. The molecule has 2 aliphatic heterocycles. The molecule has 2 fully saturated rings. The van der Waals surface area contributed by atoms with Crippen molar-refractivity contribution in [2.75, 3.05) is 19.6 Å². The van der Waals surface area contributed by atoms with Gasteiger partial charge in [-0.05, 0) is 40.0 Å². The zero-order valence-electron chi connectivity index (χ0n) is 13.3. The Morgan fingerprint density at radius 2 is 2.10 bits per heavy atom. The number of allylic oxidation sites excluding steroid dienone is 1. The van der Waals surface area contributed by atoms with Gasteiger partial charge in [-0.2, -0.15) is 0 Å². The zero-order chi connectivity index (χ0) is 15.7. The Bertz CT molecular complexity index is 431. The minimum Gasteiger partial charge on any atom is -0.444 e. The van der Waals surface area contributed by atoms with Gasteiger partial charge in [-0.3, -0.25) is 4.79 Å². The summed E-state index contributed by atoms with van der Waals surface area (Å²) >= 11 is 0. The number of nitrogens with one attached hydrogen (secondary N) is 1. The molecule has 1 atom stereocenters. The second-order valence-corrected chi connectivity index (χ2v) is 7.12. The molecule has 2 amide bonds. The first-order chi connectivity index (χ1) is 9.77. The van der Waals surface area contributed by atoms with Crippen molar-refractivity contribution in [3.63, 3.8) is 0 Å². The number of amides is 2. The number of carbonyl (C=O) groups is 2. The van der Waals surface area contributed by atoms with E-state index in [1.165, 1.54) is 0 Å². The van der Waals surface area contributed by atoms with Crippen molar-refractivity contribution >= 4 is 12.0 Å². The number of hydrogen-bond donors (Lipinski definition) is 1. The summed E-state index contributed by atoms with van der Waals surface area (Å²) in [6.45, 7) is 11.4. The molecule has 0 aromatic carbocycles. The fourth-order valence-corrected chi connectivity index (χ4v) is 3.30. The number of nitrogens with zero attached hydrogens (tertiary/aromatic N) is 1. The van der Waals surface area contributed by atoms with Gasteiger partial charge in [0.2, 0.25) is 5.91 Å². The number of piperidine rings is 1. The van der Waals surface area contributed by atoms with Gasteiger partial charge in [-0.1, -0.05) is 6.08 Å². The van der Waals surface area contributed by atoms with Gasteiger partial charge >= 0.3 is 6.09 Å². The molecular formula is C16H26N2O3. The van der Waals surface area contributed by atoms with Crippen LogP contribution in [0, 0.1) is 11.3 Å². The highest BCUT2D eigenvalue weighted by atomic mass is 16.6. The molecule has 0 aliphatic carbocycles. The summed E-state index contributed by atoms with van der Waals surface area (Å²) in [5.74, 6) is 0.122. The van der Waals surface area contributed by atoms with Crippen LogP contribution >= 0.6 is 0 Å². The van der Waals surface area contributed by atoms with Crippen LogP contribution in [0.15, 0.2) is 12.7 Å². The number of likely N-dealkylation sites (tertiary alicyclic amines) is 1. The first-order valence-corrected chi connectivity index (χ1v) is 7.64. The summed E-state index contributed by atoms with van der Waals surface area (Å²) in [5.41, 5.74) is -0.494. The highest BCUT2D eigenvalue weighted by Crippen LogP contribution is 2.43. The van der Waals surface area contributed by atoms with E-state index < -0.39 is 5.60 Å². The third-order valence-corrected chi connectivity index (χ3v) is 4.48. The summed E-state index contributed by atoms with van der Waals surface area (Å²) in [6, 6.07) is 0. The summed E-state index contributed by atoms with van der Waals surface area (Å²) in [7, 11) is 0. The molecule has 2 aliphatic rings. The Morgan fingerprint density at radius 3 is 2.62 bits per heavy atom. The molecule has 5 nitrogen and oxygen atoms in total. The largest absolute Gasteiger partial charge is 0.444 e. The van der Waals surface area contributed by atoms with Crippen LogP contribution < -0.4 is 5.32 Å². The van der Waals surface area contributed by atoms with Crippen LogP contribution in [-0.2, 0) is 9.53 Å². The lowest BCUT2D eigenvalue weighted by atomic mass is 9.69. The molecule has 2 rings (SSSR count). The van der Waals surface area contributed by atoms with Crippen LogP contribution in [0.5, 0.6) is 0 Å². The van der Waals surface area contributed by atoms with Gasteiger partial charge in [0, 0.05) is 31.0 Å². The normalized spacial score (nSPS) is 24.8. The minimum absolute atomic E-state index is 0.00390. The van der Waals surface area contributed by atoms with Crippen molar-refractivity contribution in [3.05, 3.63) is 12.7 Å². The van der Waals surface area contributed by atoms with E-state index >= 15 is 0 Å². The first kappa shape index (κ1) is 15.9. The molecule has 2 heterocycles. The molecule has 5 heteroatoms. The molecular weight excluding hydrogens is 268 g/mol. The minimum atomic E-state index is -0.470. The lowest BCUT2D eigenvalue weighted by molar-refractivity contribution is -0.124. The number of ether oxygens (including phenoxy) is 1. The van der Waals surface area contributed by atoms with E-state index in [1.54, 1.807) is 4.90 Å². The van der Waals surface area contributed by atoms with Crippen LogP contribution in [0.3, 0.4) is 0 Å². The Morgan fingerprint density at radius 1 is 1.48 bits per heavy atom. The molecule has 0 radical (unpaired) electrons. The molecule has 118 valence electrons. The van der Waals surface area contributed by atoms with Crippen molar-refractivity contribution in [2.45, 2.75) is 45.6 Å². The predicted molar refractivity (Wildman–Crippen MR) is 80.8 cm³/mol. The Kier molecular flexibility index (Phi) is 4.30. The molecule has 0 saturated carbocycles. The van der Waals surface area contributed by atoms with E-state index in [1.807, 2.05) is 26.8 Å². The van der Waals surface area contributed by atoms with Crippen LogP contribution in [0.1, 0.15) is 40.0 Å². The zero-order valence-corrected chi connectivity index (χ0v) is 13.3. The van der Waals surface area contributed by atoms with Crippen LogP contribution in [0.4, 0.5) is 4.79 Å². The summed E-state index contributed by atoms with van der Waals surface area (Å²) in [6.07, 6.45) is 3.94. The third kappa shape index (κ3) is 3.39. The second-order valence-electron chi connectivity index (χ2n) is 7.12. The third-order valence-electron chi connectivity index (χ3n) is 4.48. The standard InChI is InChI=1S/C16H26N2O3/c1-5-6-12-13(19)17-11-16(12)7-9-18(10-8-16)14(20)21-15(2,3)4/h5,12H,1,6-11H2,2-4H3,(H,17,19)/t12-/m0/s1. The van der Waals surface area contributed by atoms with E-state index in [-0.39, 0.29) is 23.3 Å². The predicted octanol–water partition coefficient (Wildman–Crippen LogP) is 2.33. The molecule has 0 unspecified atom stereocenters. The van der Waals surface area contributed by atoms with Crippen molar-refractivity contribution in [3.8, 4) is 0 Å². The van der Waals surface area contributed by atoms with Gasteiger partial charge < -0.3 is 15.0 Å². The molecule has 0 aromatic heterocycles. The molecule has 21 heavy (non-hydrogen) atoms. The molecule has 1 spiro atoms. The number of hydrogen-bond acceptors (Lipinski definition) is 3. The van der Waals surface area contributed by atoms with E-state index in [2.05, 4.69) is 11.9 Å². The van der Waals surface area contributed by atoms with Crippen LogP contribution in [-0.4, -0.2) is 42.1 Å². The first-order valence-electron chi connectivity index (χ1n) is 7.64. The van der Waals surface area contributed by atoms with Crippen LogP contribution in [0.2, 0.25) is 0 Å². The van der Waals surface area contributed by atoms with Crippen LogP contribution in [0.25, 0.3) is 0 Å². The smallest absolute Gasteiger partial charge is 0.410 e. The van der Waals surface area contributed by atoms with Gasteiger partial charge in [0.15, 0.2) is 0 Å². The van der Waals surface area contributed by atoms with Crippen molar-refractivity contribution in [1.29, 1.82) is 0 Å². The average Bonchev–Trinajstić information content (AvgIpc) is 2.68. The van der Waals surface area contributed by atoms with Crippen molar-refractivity contribution in [2.24, 2.45) is 11.3 Å². The monoisotopic (exact) mass is 294 g/mol. The lowest BCUT2D eigenvalue weighted by Gasteiger charge is -2.41. The fourth-order valence-electron chi connectivity index (χ4n) is 3.30. The Labute approximate surface area is 126 Å². The van der Waals surface area contributed by atoms with Gasteiger partial charge in [0.25, 0.3) is 0 Å². The summed E-state index contributed by atoms with van der Waals surface area (Å²) in [4.78, 5) is 25.8. The van der Waals surface area contributed by atoms with E-state index in [9.17, 15) is 9.59 Å². The van der Waals surface area contributed by atoms with Gasteiger partial charge in [0.05, 0.1) is 0 Å². The molecule has 0 aromatic rings.